The van der Waals surface area contributed by atoms with E-state index in [4.69, 9.17) is 9.47 Å². The topological polar surface area (TPSA) is 51.7 Å². The lowest BCUT2D eigenvalue weighted by Crippen LogP contribution is -2.35. The summed E-state index contributed by atoms with van der Waals surface area (Å²) in [6.07, 6.45) is 2.54. The van der Waals surface area contributed by atoms with Crippen molar-refractivity contribution in [2.75, 3.05) is 13.7 Å². The first-order valence-corrected chi connectivity index (χ1v) is 11.8. The maximum Gasteiger partial charge on any atom is 0.223 e. The summed E-state index contributed by atoms with van der Waals surface area (Å²) in [5, 5.41) is 0.995. The van der Waals surface area contributed by atoms with Crippen molar-refractivity contribution in [3.8, 4) is 5.75 Å². The Morgan fingerprint density at radius 3 is 2.49 bits per heavy atom. The number of rotatable bonds is 8. The fraction of sp³-hybridized carbons (Fsp3) is 0.241. The van der Waals surface area contributed by atoms with Crippen LogP contribution in [0.2, 0.25) is 0 Å². The van der Waals surface area contributed by atoms with Gasteiger partial charge in [0, 0.05) is 30.1 Å². The highest BCUT2D eigenvalue weighted by Crippen LogP contribution is 2.42. The molecule has 5 nitrogen and oxygen atoms in total. The number of halogens is 1. The summed E-state index contributed by atoms with van der Waals surface area (Å²) in [4.78, 5) is 19.6. The van der Waals surface area contributed by atoms with Crippen molar-refractivity contribution < 1.29 is 18.7 Å². The molecule has 0 spiro atoms. The average molecular weight is 471 g/mol. The molecule has 1 amide bonds. The number of benzene rings is 3. The Morgan fingerprint density at radius 1 is 1.00 bits per heavy atom. The number of fused-ring (bicyclic) bond motifs is 1. The second-order valence-electron chi connectivity index (χ2n) is 8.69. The van der Waals surface area contributed by atoms with E-state index in [1.807, 2.05) is 59.5 Å². The molecule has 4 aromatic rings. The standard InChI is InChI=1S/C29H27FN2O3/c1-34-24-15-9-20(10-16-24)19-35-29(22-11-13-23(30)14-12-22)28(32-18-4-8-26(32)33)25-7-2-5-21-6-3-17-31-27(21)25/h2-3,5-7,9-17,28-29H,4,8,18-19H2,1H3/t28-,29+/m0/s1. The molecule has 0 N–H and O–H groups in total. The first-order chi connectivity index (χ1) is 17.1. The first-order valence-electron chi connectivity index (χ1n) is 11.8. The quantitative estimate of drug-likeness (QED) is 0.317. The lowest BCUT2D eigenvalue weighted by atomic mass is 9.92. The Hall–Kier alpha value is -3.77. The summed E-state index contributed by atoms with van der Waals surface area (Å²) in [5.74, 6) is 0.539. The number of methoxy groups -OCH3 is 1. The number of pyridine rings is 1. The van der Waals surface area contributed by atoms with Gasteiger partial charge in [-0.25, -0.2) is 4.39 Å². The van der Waals surface area contributed by atoms with Gasteiger partial charge >= 0.3 is 0 Å². The van der Waals surface area contributed by atoms with E-state index in [1.165, 1.54) is 12.1 Å². The number of carbonyl (C=O) groups excluding carboxylic acids is 1. The maximum atomic E-state index is 13.8. The van der Waals surface area contributed by atoms with E-state index >= 15 is 0 Å². The smallest absolute Gasteiger partial charge is 0.223 e. The van der Waals surface area contributed by atoms with Crippen LogP contribution in [0.3, 0.4) is 0 Å². The number of ether oxygens (including phenoxy) is 2. The summed E-state index contributed by atoms with van der Waals surface area (Å²) < 4.78 is 25.7. The second kappa shape index (κ2) is 10.2. The lowest BCUT2D eigenvalue weighted by molar-refractivity contribution is -0.134. The molecule has 3 aromatic carbocycles. The molecule has 178 valence electrons. The monoisotopic (exact) mass is 470 g/mol. The van der Waals surface area contributed by atoms with Gasteiger partial charge in [0.1, 0.15) is 17.7 Å². The Labute approximate surface area is 204 Å². The third-order valence-corrected chi connectivity index (χ3v) is 6.50. The summed E-state index contributed by atoms with van der Waals surface area (Å²) in [7, 11) is 1.63. The Bertz CT molecular complexity index is 1300. The van der Waals surface area contributed by atoms with Crippen LogP contribution in [0.4, 0.5) is 4.39 Å². The molecule has 1 aliphatic heterocycles. The van der Waals surface area contributed by atoms with Crippen molar-refractivity contribution in [2.45, 2.75) is 31.6 Å². The molecule has 0 unspecified atom stereocenters. The van der Waals surface area contributed by atoms with Crippen LogP contribution < -0.4 is 4.74 Å². The molecule has 1 aliphatic rings. The zero-order valence-electron chi connectivity index (χ0n) is 19.6. The molecule has 35 heavy (non-hydrogen) atoms. The van der Waals surface area contributed by atoms with Gasteiger partial charge in [-0.2, -0.15) is 0 Å². The average Bonchev–Trinajstić information content (AvgIpc) is 3.32. The van der Waals surface area contributed by atoms with Gasteiger partial charge < -0.3 is 14.4 Å². The Morgan fingerprint density at radius 2 is 1.77 bits per heavy atom. The number of hydrogen-bond acceptors (Lipinski definition) is 4. The van der Waals surface area contributed by atoms with Crippen LogP contribution in [0.1, 0.15) is 41.7 Å². The first kappa shape index (κ1) is 23.0. The molecule has 2 atom stereocenters. The van der Waals surface area contributed by atoms with Crippen molar-refractivity contribution in [1.82, 2.24) is 9.88 Å². The van der Waals surface area contributed by atoms with Crippen molar-refractivity contribution in [3.05, 3.63) is 108 Å². The van der Waals surface area contributed by atoms with Crippen molar-refractivity contribution >= 4 is 16.8 Å². The van der Waals surface area contributed by atoms with Gasteiger partial charge in [0.05, 0.1) is 25.3 Å². The number of aromatic nitrogens is 1. The zero-order valence-corrected chi connectivity index (χ0v) is 19.6. The predicted octanol–water partition coefficient (Wildman–Crippen LogP) is 6.00. The number of para-hydroxylation sites is 1. The minimum atomic E-state index is -0.521. The predicted molar refractivity (Wildman–Crippen MR) is 132 cm³/mol. The van der Waals surface area contributed by atoms with E-state index in [0.717, 1.165) is 39.8 Å². The van der Waals surface area contributed by atoms with Gasteiger partial charge in [0.25, 0.3) is 0 Å². The second-order valence-corrected chi connectivity index (χ2v) is 8.69. The van der Waals surface area contributed by atoms with E-state index in [9.17, 15) is 9.18 Å². The maximum absolute atomic E-state index is 13.8. The van der Waals surface area contributed by atoms with E-state index < -0.39 is 12.1 Å². The number of carbonyl (C=O) groups is 1. The Balaban J connectivity index is 1.60. The Kier molecular flexibility index (Phi) is 6.73. The summed E-state index contributed by atoms with van der Waals surface area (Å²) in [6, 6.07) is 23.5. The van der Waals surface area contributed by atoms with E-state index in [0.29, 0.717) is 19.6 Å². The molecule has 6 heteroatoms. The molecule has 1 saturated heterocycles. The van der Waals surface area contributed by atoms with Crippen molar-refractivity contribution in [3.63, 3.8) is 0 Å². The van der Waals surface area contributed by atoms with Gasteiger partial charge in [-0.15, -0.1) is 0 Å². The normalized spacial score (nSPS) is 15.4. The van der Waals surface area contributed by atoms with Gasteiger partial charge in [-0.3, -0.25) is 9.78 Å². The number of likely N-dealkylation sites (tertiary alicyclic amines) is 1. The summed E-state index contributed by atoms with van der Waals surface area (Å²) >= 11 is 0. The molecule has 0 bridgehead atoms. The molecule has 0 saturated carbocycles. The molecule has 0 radical (unpaired) electrons. The molecule has 5 rings (SSSR count). The van der Waals surface area contributed by atoms with Gasteiger partial charge in [-0.05, 0) is 47.9 Å². The third-order valence-electron chi connectivity index (χ3n) is 6.50. The van der Waals surface area contributed by atoms with E-state index in [2.05, 4.69) is 4.98 Å². The third kappa shape index (κ3) is 4.88. The largest absolute Gasteiger partial charge is 0.497 e. The lowest BCUT2D eigenvalue weighted by Gasteiger charge is -2.35. The van der Waals surface area contributed by atoms with Crippen LogP contribution in [-0.2, 0) is 16.1 Å². The van der Waals surface area contributed by atoms with Crippen molar-refractivity contribution in [1.29, 1.82) is 0 Å². The minimum Gasteiger partial charge on any atom is -0.497 e. The van der Waals surface area contributed by atoms with Gasteiger partial charge in [0.2, 0.25) is 5.91 Å². The van der Waals surface area contributed by atoms with Crippen LogP contribution in [0.5, 0.6) is 5.75 Å². The highest BCUT2D eigenvalue weighted by molar-refractivity contribution is 5.84. The van der Waals surface area contributed by atoms with E-state index in [-0.39, 0.29) is 11.7 Å². The fourth-order valence-electron chi connectivity index (χ4n) is 4.75. The number of nitrogens with zero attached hydrogens (tertiary/aromatic N) is 2. The van der Waals surface area contributed by atoms with Crippen LogP contribution in [0.25, 0.3) is 10.9 Å². The molecule has 2 heterocycles. The van der Waals surface area contributed by atoms with Crippen LogP contribution in [0, 0.1) is 5.82 Å². The van der Waals surface area contributed by atoms with Gasteiger partial charge in [-0.1, -0.05) is 48.5 Å². The highest BCUT2D eigenvalue weighted by atomic mass is 19.1. The number of hydrogen-bond donors (Lipinski definition) is 0. The molecular weight excluding hydrogens is 443 g/mol. The van der Waals surface area contributed by atoms with Gasteiger partial charge in [0.15, 0.2) is 0 Å². The fourth-order valence-corrected chi connectivity index (χ4v) is 4.75. The van der Waals surface area contributed by atoms with Crippen LogP contribution in [-0.4, -0.2) is 29.4 Å². The van der Waals surface area contributed by atoms with Crippen LogP contribution in [0.15, 0.2) is 85.1 Å². The molecule has 0 aliphatic carbocycles. The minimum absolute atomic E-state index is 0.0862. The molecule has 1 aromatic heterocycles. The summed E-state index contributed by atoms with van der Waals surface area (Å²) in [6.45, 7) is 0.957. The zero-order chi connectivity index (χ0) is 24.2. The summed E-state index contributed by atoms with van der Waals surface area (Å²) in [5.41, 5.74) is 3.53. The van der Waals surface area contributed by atoms with E-state index in [1.54, 1.807) is 25.4 Å². The highest BCUT2D eigenvalue weighted by Gasteiger charge is 2.37. The van der Waals surface area contributed by atoms with Crippen LogP contribution >= 0.6 is 0 Å². The SMILES string of the molecule is COc1ccc(CO[C@H](c2ccc(F)cc2)[C@H](c2cccc3cccnc23)N2CCCC2=O)cc1. The number of amides is 1. The van der Waals surface area contributed by atoms with Crippen molar-refractivity contribution in [2.24, 2.45) is 0 Å². The molecule has 1 fully saturated rings. The molecular formula is C29H27FN2O3.